The first-order chi connectivity index (χ1) is 7.71. The first-order valence-corrected chi connectivity index (χ1v) is 5.67. The number of aromatic nitrogens is 1. The van der Waals surface area contributed by atoms with Crippen LogP contribution in [0.25, 0.3) is 0 Å². The number of hydrogen-bond donors (Lipinski definition) is 1. The third-order valence-corrected chi connectivity index (χ3v) is 2.56. The molecular formula is C12H20N2O2. The van der Waals surface area contributed by atoms with E-state index in [4.69, 9.17) is 4.74 Å². The Kier molecular flexibility index (Phi) is 5.05. The first kappa shape index (κ1) is 12.8. The van der Waals surface area contributed by atoms with Gasteiger partial charge < -0.3 is 14.6 Å². The number of ether oxygens (including phenoxy) is 1. The minimum absolute atomic E-state index is 0.0350. The van der Waals surface area contributed by atoms with E-state index in [1.54, 1.807) is 17.7 Å². The van der Waals surface area contributed by atoms with Gasteiger partial charge in [-0.1, -0.05) is 6.92 Å². The van der Waals surface area contributed by atoms with Gasteiger partial charge in [0, 0.05) is 32.0 Å². The van der Waals surface area contributed by atoms with Crippen molar-refractivity contribution in [2.24, 2.45) is 0 Å². The number of nitrogens with zero attached hydrogens (tertiary/aromatic N) is 1. The molecule has 1 aromatic heterocycles. The predicted molar refractivity (Wildman–Crippen MR) is 66.0 cm³/mol. The average molecular weight is 224 g/mol. The van der Waals surface area contributed by atoms with Gasteiger partial charge in [-0.15, -0.1) is 0 Å². The van der Waals surface area contributed by atoms with Gasteiger partial charge in [-0.05, 0) is 19.4 Å². The van der Waals surface area contributed by atoms with Crippen LogP contribution in [0.5, 0.6) is 0 Å². The quantitative estimate of drug-likeness (QED) is 0.800. The third-order valence-electron chi connectivity index (χ3n) is 2.56. The minimum Gasteiger partial charge on any atom is -0.383 e. The van der Waals surface area contributed by atoms with E-state index in [0.29, 0.717) is 13.2 Å². The lowest BCUT2D eigenvalue weighted by Crippen LogP contribution is -2.25. The van der Waals surface area contributed by atoms with Gasteiger partial charge >= 0.3 is 0 Å². The minimum atomic E-state index is 0.0350. The van der Waals surface area contributed by atoms with Crippen LogP contribution in [0.15, 0.2) is 23.1 Å². The molecule has 0 aliphatic rings. The van der Waals surface area contributed by atoms with E-state index in [0.717, 1.165) is 12.1 Å². The summed E-state index contributed by atoms with van der Waals surface area (Å²) in [5, 5.41) is 3.35. The highest BCUT2D eigenvalue weighted by molar-refractivity contribution is 5.41. The highest BCUT2D eigenvalue weighted by Crippen LogP contribution is 2.07. The van der Waals surface area contributed by atoms with E-state index in [9.17, 15) is 4.79 Å². The van der Waals surface area contributed by atoms with E-state index in [1.165, 1.54) is 0 Å². The van der Waals surface area contributed by atoms with Crippen molar-refractivity contribution in [1.29, 1.82) is 0 Å². The summed E-state index contributed by atoms with van der Waals surface area (Å²) in [7, 11) is 1.69. The number of aryl methyl sites for hydroxylation is 1. The lowest BCUT2D eigenvalue weighted by atomic mass is 10.2. The monoisotopic (exact) mass is 224 g/mol. The molecule has 90 valence electrons. The lowest BCUT2D eigenvalue weighted by Gasteiger charge is -2.17. The Morgan fingerprint density at radius 3 is 2.75 bits per heavy atom. The van der Waals surface area contributed by atoms with E-state index in [-0.39, 0.29) is 11.6 Å². The van der Waals surface area contributed by atoms with Crippen molar-refractivity contribution in [3.8, 4) is 0 Å². The molecule has 0 aliphatic heterocycles. The van der Waals surface area contributed by atoms with Gasteiger partial charge in [0.1, 0.15) is 0 Å². The largest absolute Gasteiger partial charge is 0.383 e. The van der Waals surface area contributed by atoms with Crippen LogP contribution in [0.2, 0.25) is 0 Å². The summed E-state index contributed by atoms with van der Waals surface area (Å²) in [6, 6.07) is 3.69. The van der Waals surface area contributed by atoms with Gasteiger partial charge in [0.2, 0.25) is 0 Å². The summed E-state index contributed by atoms with van der Waals surface area (Å²) in [6.07, 6.45) is 2.83. The Balaban J connectivity index is 2.76. The van der Waals surface area contributed by atoms with E-state index < -0.39 is 0 Å². The zero-order chi connectivity index (χ0) is 12.0. The van der Waals surface area contributed by atoms with Crippen molar-refractivity contribution >= 4 is 5.69 Å². The molecule has 1 aromatic rings. The van der Waals surface area contributed by atoms with Crippen LogP contribution in [0.4, 0.5) is 5.69 Å². The molecular weight excluding hydrogens is 204 g/mol. The summed E-state index contributed by atoms with van der Waals surface area (Å²) >= 11 is 0. The molecule has 4 heteroatoms. The maximum absolute atomic E-state index is 11.4. The van der Waals surface area contributed by atoms with Crippen LogP contribution in [0, 0.1) is 0 Å². The van der Waals surface area contributed by atoms with E-state index in [1.807, 2.05) is 19.2 Å². The molecule has 0 saturated carbocycles. The molecule has 1 N–H and O–H groups in total. The van der Waals surface area contributed by atoms with Gasteiger partial charge in [-0.3, -0.25) is 4.79 Å². The topological polar surface area (TPSA) is 43.3 Å². The lowest BCUT2D eigenvalue weighted by molar-refractivity contribution is 0.184. The van der Waals surface area contributed by atoms with Gasteiger partial charge in [0.25, 0.3) is 5.56 Å². The molecule has 0 spiro atoms. The van der Waals surface area contributed by atoms with Crippen molar-refractivity contribution in [2.45, 2.75) is 32.9 Å². The molecule has 16 heavy (non-hydrogen) atoms. The SMILES string of the molecule is CCC(COC)Nc1ccc(=O)n(CC)c1. The van der Waals surface area contributed by atoms with Gasteiger partial charge in [0.05, 0.1) is 12.3 Å². The molecule has 1 heterocycles. The van der Waals surface area contributed by atoms with Gasteiger partial charge in [0.15, 0.2) is 0 Å². The van der Waals surface area contributed by atoms with E-state index in [2.05, 4.69) is 12.2 Å². The highest BCUT2D eigenvalue weighted by Gasteiger charge is 2.05. The molecule has 0 bridgehead atoms. The zero-order valence-corrected chi connectivity index (χ0v) is 10.2. The Morgan fingerprint density at radius 1 is 1.44 bits per heavy atom. The molecule has 0 fully saturated rings. The summed E-state index contributed by atoms with van der Waals surface area (Å²) in [5.41, 5.74) is 0.998. The molecule has 0 aromatic carbocycles. The fraction of sp³-hybridized carbons (Fsp3) is 0.583. The van der Waals surface area contributed by atoms with Crippen LogP contribution < -0.4 is 10.9 Å². The molecule has 0 aliphatic carbocycles. The normalized spacial score (nSPS) is 12.4. The fourth-order valence-corrected chi connectivity index (χ4v) is 1.56. The number of anilines is 1. The van der Waals surface area contributed by atoms with Gasteiger partial charge in [-0.2, -0.15) is 0 Å². The van der Waals surface area contributed by atoms with Crippen molar-refractivity contribution in [2.75, 3.05) is 19.0 Å². The Hall–Kier alpha value is -1.29. The maximum Gasteiger partial charge on any atom is 0.250 e. The molecule has 1 unspecified atom stereocenters. The Morgan fingerprint density at radius 2 is 2.19 bits per heavy atom. The van der Waals surface area contributed by atoms with Crippen molar-refractivity contribution < 1.29 is 4.74 Å². The summed E-state index contributed by atoms with van der Waals surface area (Å²) in [5.74, 6) is 0. The first-order valence-electron chi connectivity index (χ1n) is 5.67. The number of pyridine rings is 1. The summed E-state index contributed by atoms with van der Waals surface area (Å²) < 4.78 is 6.80. The summed E-state index contributed by atoms with van der Waals surface area (Å²) in [4.78, 5) is 11.4. The Bertz CT molecular complexity index is 374. The smallest absolute Gasteiger partial charge is 0.250 e. The number of rotatable bonds is 6. The molecule has 0 saturated heterocycles. The Labute approximate surface area is 96.2 Å². The average Bonchev–Trinajstić information content (AvgIpc) is 2.30. The molecule has 0 radical (unpaired) electrons. The van der Waals surface area contributed by atoms with Crippen LogP contribution in [0.1, 0.15) is 20.3 Å². The number of methoxy groups -OCH3 is 1. The predicted octanol–water partition coefficient (Wildman–Crippen LogP) is 1.71. The van der Waals surface area contributed by atoms with Crippen LogP contribution in [0.3, 0.4) is 0 Å². The molecule has 1 rings (SSSR count). The highest BCUT2D eigenvalue weighted by atomic mass is 16.5. The summed E-state index contributed by atoms with van der Waals surface area (Å²) in [6.45, 7) is 5.42. The van der Waals surface area contributed by atoms with Crippen molar-refractivity contribution in [3.05, 3.63) is 28.7 Å². The maximum atomic E-state index is 11.4. The van der Waals surface area contributed by atoms with Crippen LogP contribution in [-0.4, -0.2) is 24.3 Å². The second-order valence-electron chi connectivity index (χ2n) is 3.75. The second-order valence-corrected chi connectivity index (χ2v) is 3.75. The second kappa shape index (κ2) is 6.33. The zero-order valence-electron chi connectivity index (χ0n) is 10.2. The number of nitrogens with one attached hydrogen (secondary N) is 1. The van der Waals surface area contributed by atoms with Gasteiger partial charge in [-0.25, -0.2) is 0 Å². The van der Waals surface area contributed by atoms with Crippen LogP contribution >= 0.6 is 0 Å². The van der Waals surface area contributed by atoms with Crippen LogP contribution in [-0.2, 0) is 11.3 Å². The molecule has 1 atom stereocenters. The molecule has 0 amide bonds. The number of hydrogen-bond acceptors (Lipinski definition) is 3. The molecule has 4 nitrogen and oxygen atoms in total. The fourth-order valence-electron chi connectivity index (χ4n) is 1.56. The standard InChI is InChI=1S/C12H20N2O2/c1-4-10(9-16-3)13-11-6-7-12(15)14(5-2)8-11/h6-8,10,13H,4-5,9H2,1-3H3. The van der Waals surface area contributed by atoms with E-state index >= 15 is 0 Å². The van der Waals surface area contributed by atoms with Crippen molar-refractivity contribution in [1.82, 2.24) is 4.57 Å². The third kappa shape index (κ3) is 3.38. The van der Waals surface area contributed by atoms with Crippen molar-refractivity contribution in [3.63, 3.8) is 0 Å².